The summed E-state index contributed by atoms with van der Waals surface area (Å²) in [6, 6.07) is 16.6. The Kier molecular flexibility index (Phi) is 7.56. The van der Waals surface area contributed by atoms with Gasteiger partial charge in [-0.15, -0.1) is 0 Å². The highest BCUT2D eigenvalue weighted by Crippen LogP contribution is 2.27. The molecule has 0 fully saturated rings. The Labute approximate surface area is 207 Å². The van der Waals surface area contributed by atoms with Crippen LogP contribution in [0.4, 0.5) is 17.1 Å². The summed E-state index contributed by atoms with van der Waals surface area (Å²) in [5.74, 6) is -0.553. The highest BCUT2D eigenvalue weighted by molar-refractivity contribution is 7.92. The second-order valence-electron chi connectivity index (χ2n) is 8.45. The number of carbonyl (C=O) groups excluding carboxylic acids is 1. The van der Waals surface area contributed by atoms with E-state index in [9.17, 15) is 21.6 Å². The molecule has 0 spiro atoms. The van der Waals surface area contributed by atoms with Gasteiger partial charge in [0.05, 0.1) is 22.5 Å². The Morgan fingerprint density at radius 2 is 1.26 bits per heavy atom. The van der Waals surface area contributed by atoms with E-state index in [1.165, 1.54) is 24.3 Å². The minimum Gasteiger partial charge on any atom is -0.325 e. The van der Waals surface area contributed by atoms with Crippen molar-refractivity contribution in [2.24, 2.45) is 0 Å². The molecule has 8 nitrogen and oxygen atoms in total. The number of para-hydroxylation sites is 2. The Balaban J connectivity index is 1.77. The van der Waals surface area contributed by atoms with Gasteiger partial charge < -0.3 is 5.32 Å². The second kappa shape index (κ2) is 10.1. The van der Waals surface area contributed by atoms with Crippen LogP contribution in [0.5, 0.6) is 0 Å². The Morgan fingerprint density at radius 3 is 1.74 bits per heavy atom. The molecule has 3 aromatic carbocycles. The average molecular weight is 516 g/mol. The summed E-state index contributed by atoms with van der Waals surface area (Å²) < 4.78 is 54.3. The summed E-state index contributed by atoms with van der Waals surface area (Å²) in [6.45, 7) is 6.79. The average Bonchev–Trinajstić information content (AvgIpc) is 2.75. The minimum atomic E-state index is -3.84. The number of anilines is 3. The van der Waals surface area contributed by atoms with E-state index in [2.05, 4.69) is 10.0 Å². The van der Waals surface area contributed by atoms with E-state index in [1.54, 1.807) is 26.0 Å². The lowest BCUT2D eigenvalue weighted by Crippen LogP contribution is -2.38. The van der Waals surface area contributed by atoms with E-state index >= 15 is 0 Å². The topological polar surface area (TPSA) is 113 Å². The summed E-state index contributed by atoms with van der Waals surface area (Å²) in [6.07, 6.45) is 1.05. The van der Waals surface area contributed by atoms with Crippen molar-refractivity contribution < 1.29 is 21.6 Å². The van der Waals surface area contributed by atoms with Crippen LogP contribution < -0.4 is 14.3 Å². The van der Waals surface area contributed by atoms with Crippen LogP contribution in [0.2, 0.25) is 0 Å². The molecule has 2 N–H and O–H groups in total. The fourth-order valence-electron chi connectivity index (χ4n) is 3.78. The summed E-state index contributed by atoms with van der Waals surface area (Å²) in [4.78, 5) is 12.7. The van der Waals surface area contributed by atoms with Crippen molar-refractivity contribution in [1.82, 2.24) is 0 Å². The smallest absolute Gasteiger partial charge is 0.261 e. The van der Waals surface area contributed by atoms with Crippen molar-refractivity contribution >= 4 is 43.0 Å². The summed E-state index contributed by atoms with van der Waals surface area (Å²) in [5, 5.41) is 2.64. The van der Waals surface area contributed by atoms with Crippen LogP contribution in [0.1, 0.15) is 22.3 Å². The monoisotopic (exact) mass is 515 g/mol. The van der Waals surface area contributed by atoms with E-state index in [-0.39, 0.29) is 4.90 Å². The molecule has 0 bridgehead atoms. The van der Waals surface area contributed by atoms with Crippen LogP contribution in [-0.4, -0.2) is 35.5 Å². The first-order chi connectivity index (χ1) is 16.3. The van der Waals surface area contributed by atoms with Crippen LogP contribution in [0, 0.1) is 27.7 Å². The molecule has 0 saturated carbocycles. The van der Waals surface area contributed by atoms with Gasteiger partial charge in [0.1, 0.15) is 6.54 Å². The molecular formula is C25H29N3O5S2. The van der Waals surface area contributed by atoms with E-state index in [4.69, 9.17) is 0 Å². The Morgan fingerprint density at radius 1 is 0.771 bits per heavy atom. The summed E-state index contributed by atoms with van der Waals surface area (Å²) in [5.41, 5.74) is 4.40. The lowest BCUT2D eigenvalue weighted by atomic mass is 10.1. The molecule has 186 valence electrons. The molecule has 10 heteroatoms. The molecular weight excluding hydrogens is 486 g/mol. The van der Waals surface area contributed by atoms with Crippen molar-refractivity contribution in [3.63, 3.8) is 0 Å². The standard InChI is InChI=1S/C25H29N3O5S2/c1-17-8-6-9-18(2)24(17)27-35(32,33)22-14-12-21(13-15-22)26-23(29)16-28(34(5,30)31)25-19(3)10-7-11-20(25)4/h6-15,27H,16H2,1-5H3,(H,26,29). The maximum absolute atomic E-state index is 12.8. The molecule has 0 radical (unpaired) electrons. The van der Waals surface area contributed by atoms with Crippen molar-refractivity contribution in [2.75, 3.05) is 27.1 Å². The second-order valence-corrected chi connectivity index (χ2v) is 12.0. The van der Waals surface area contributed by atoms with Gasteiger partial charge in [-0.05, 0) is 74.2 Å². The number of benzene rings is 3. The number of sulfonamides is 2. The number of nitrogens with zero attached hydrogens (tertiary/aromatic N) is 1. The van der Waals surface area contributed by atoms with E-state index in [1.807, 2.05) is 38.1 Å². The fraction of sp³-hybridized carbons (Fsp3) is 0.240. The molecule has 0 saturated heterocycles. The van der Waals surface area contributed by atoms with Gasteiger partial charge in [-0.25, -0.2) is 16.8 Å². The zero-order chi connectivity index (χ0) is 26.0. The SMILES string of the molecule is Cc1cccc(C)c1NS(=O)(=O)c1ccc(NC(=O)CN(c2c(C)cccc2C)S(C)(=O)=O)cc1. The van der Waals surface area contributed by atoms with Crippen LogP contribution in [0.15, 0.2) is 65.6 Å². The van der Waals surface area contributed by atoms with Gasteiger partial charge in [0.25, 0.3) is 10.0 Å². The van der Waals surface area contributed by atoms with Gasteiger partial charge in [0.15, 0.2) is 0 Å². The van der Waals surface area contributed by atoms with Crippen molar-refractivity contribution in [3.8, 4) is 0 Å². The third kappa shape index (κ3) is 6.20. The number of rotatable bonds is 8. The number of aryl methyl sites for hydroxylation is 4. The Bertz CT molecular complexity index is 1420. The highest BCUT2D eigenvalue weighted by Gasteiger charge is 2.24. The molecule has 0 aliphatic rings. The van der Waals surface area contributed by atoms with Gasteiger partial charge in [-0.1, -0.05) is 36.4 Å². The molecule has 3 aromatic rings. The van der Waals surface area contributed by atoms with Gasteiger partial charge in [-0.3, -0.25) is 13.8 Å². The number of nitrogens with one attached hydrogen (secondary N) is 2. The maximum atomic E-state index is 12.8. The quantitative estimate of drug-likeness (QED) is 0.469. The third-order valence-corrected chi connectivity index (χ3v) is 8.02. The molecule has 0 aliphatic carbocycles. The Hall–Kier alpha value is -3.37. The van der Waals surface area contributed by atoms with Gasteiger partial charge in [0, 0.05) is 5.69 Å². The zero-order valence-corrected chi connectivity index (χ0v) is 21.9. The lowest BCUT2D eigenvalue weighted by molar-refractivity contribution is -0.114. The molecule has 0 aliphatic heterocycles. The summed E-state index contributed by atoms with van der Waals surface area (Å²) >= 11 is 0. The normalized spacial score (nSPS) is 11.7. The fourth-order valence-corrected chi connectivity index (χ4v) is 5.95. The highest BCUT2D eigenvalue weighted by atomic mass is 32.2. The molecule has 0 aromatic heterocycles. The lowest BCUT2D eigenvalue weighted by Gasteiger charge is -2.25. The minimum absolute atomic E-state index is 0.0337. The molecule has 1 amide bonds. The van der Waals surface area contributed by atoms with Crippen LogP contribution in [-0.2, 0) is 24.8 Å². The number of carbonyl (C=O) groups is 1. The van der Waals surface area contributed by atoms with Crippen molar-refractivity contribution in [3.05, 3.63) is 82.9 Å². The van der Waals surface area contributed by atoms with Crippen LogP contribution in [0.25, 0.3) is 0 Å². The van der Waals surface area contributed by atoms with Gasteiger partial charge in [-0.2, -0.15) is 0 Å². The van der Waals surface area contributed by atoms with Crippen molar-refractivity contribution in [1.29, 1.82) is 0 Å². The number of hydrogen-bond donors (Lipinski definition) is 2. The first-order valence-corrected chi connectivity index (χ1v) is 14.2. The van der Waals surface area contributed by atoms with Gasteiger partial charge >= 0.3 is 0 Å². The van der Waals surface area contributed by atoms with Crippen LogP contribution >= 0.6 is 0 Å². The van der Waals surface area contributed by atoms with Gasteiger partial charge in [0.2, 0.25) is 15.9 Å². The molecule has 3 rings (SSSR count). The molecule has 0 heterocycles. The largest absolute Gasteiger partial charge is 0.325 e. The molecule has 0 unspecified atom stereocenters. The first kappa shape index (κ1) is 26.2. The van der Waals surface area contributed by atoms with Crippen LogP contribution in [0.3, 0.4) is 0 Å². The first-order valence-electron chi connectivity index (χ1n) is 10.8. The predicted octanol–water partition coefficient (Wildman–Crippen LogP) is 4.13. The molecule has 35 heavy (non-hydrogen) atoms. The predicted molar refractivity (Wildman–Crippen MR) is 140 cm³/mol. The number of amides is 1. The van der Waals surface area contributed by atoms with E-state index in [0.717, 1.165) is 32.8 Å². The number of hydrogen-bond acceptors (Lipinski definition) is 5. The van der Waals surface area contributed by atoms with E-state index < -0.39 is 32.5 Å². The zero-order valence-electron chi connectivity index (χ0n) is 20.3. The molecule has 0 atom stereocenters. The van der Waals surface area contributed by atoms with E-state index in [0.29, 0.717) is 17.1 Å². The summed E-state index contributed by atoms with van der Waals surface area (Å²) in [7, 11) is -7.57. The maximum Gasteiger partial charge on any atom is 0.261 e. The third-order valence-electron chi connectivity index (χ3n) is 5.54. The van der Waals surface area contributed by atoms with Crippen molar-refractivity contribution in [2.45, 2.75) is 32.6 Å².